The topological polar surface area (TPSA) is 67.2 Å². The molecule has 0 radical (unpaired) electrons. The zero-order chi connectivity index (χ0) is 19.2. The largest absolute Gasteiger partial charge is 0.395 e. The second-order valence-corrected chi connectivity index (χ2v) is 7.06. The fourth-order valence-corrected chi connectivity index (χ4v) is 3.88. The van der Waals surface area contributed by atoms with Crippen LogP contribution in [-0.2, 0) is 12.5 Å². The van der Waals surface area contributed by atoms with Gasteiger partial charge in [-0.1, -0.05) is 13.8 Å². The highest BCUT2D eigenvalue weighted by atomic mass is 19.3. The summed E-state index contributed by atoms with van der Waals surface area (Å²) in [7, 11) is 1.45. The Hall–Kier alpha value is -2.35. The molecular formula is C18H20F3N3O2. The number of carbonyl (C=O) groups excluding carboxylic acids is 1. The smallest absolute Gasteiger partial charge is 0.282 e. The van der Waals surface area contributed by atoms with Gasteiger partial charge in [0.2, 0.25) is 0 Å². The van der Waals surface area contributed by atoms with Crippen LogP contribution in [0.2, 0.25) is 0 Å². The lowest BCUT2D eigenvalue weighted by atomic mass is 9.84. The van der Waals surface area contributed by atoms with E-state index in [-0.39, 0.29) is 18.1 Å². The number of aromatic nitrogens is 2. The van der Waals surface area contributed by atoms with Crippen molar-refractivity contribution in [1.82, 2.24) is 9.78 Å². The molecule has 0 saturated heterocycles. The van der Waals surface area contributed by atoms with Gasteiger partial charge >= 0.3 is 0 Å². The van der Waals surface area contributed by atoms with Crippen LogP contribution in [0.25, 0.3) is 0 Å². The molecule has 0 aliphatic heterocycles. The number of aliphatic hydroxyl groups is 1. The Labute approximate surface area is 148 Å². The maximum Gasteiger partial charge on any atom is 0.282 e. The third-order valence-corrected chi connectivity index (χ3v) is 4.95. The van der Waals surface area contributed by atoms with Gasteiger partial charge in [-0.25, -0.2) is 13.2 Å². The van der Waals surface area contributed by atoms with Crippen molar-refractivity contribution in [3.05, 3.63) is 46.5 Å². The number of aliphatic hydroxyl groups excluding tert-OH is 1. The lowest BCUT2D eigenvalue weighted by molar-refractivity contribution is 0.101. The molecular weight excluding hydrogens is 347 g/mol. The Balaban J connectivity index is 2.02. The molecule has 1 amide bonds. The van der Waals surface area contributed by atoms with Crippen molar-refractivity contribution in [2.45, 2.75) is 38.0 Å². The lowest BCUT2D eigenvalue weighted by Crippen LogP contribution is -2.25. The second-order valence-electron chi connectivity index (χ2n) is 7.06. The average Bonchev–Trinajstić information content (AvgIpc) is 3.09. The van der Waals surface area contributed by atoms with Crippen molar-refractivity contribution >= 4 is 11.6 Å². The van der Waals surface area contributed by atoms with Gasteiger partial charge in [0.1, 0.15) is 11.5 Å². The number of carbonyl (C=O) groups is 1. The van der Waals surface area contributed by atoms with Gasteiger partial charge in [0, 0.05) is 29.9 Å². The van der Waals surface area contributed by atoms with Crippen LogP contribution >= 0.6 is 0 Å². The quantitative estimate of drug-likeness (QED) is 0.869. The van der Waals surface area contributed by atoms with E-state index in [9.17, 15) is 23.1 Å². The maximum atomic E-state index is 14.4. The zero-order valence-corrected chi connectivity index (χ0v) is 14.7. The van der Waals surface area contributed by atoms with Gasteiger partial charge in [-0.2, -0.15) is 5.10 Å². The summed E-state index contributed by atoms with van der Waals surface area (Å²) < 4.78 is 41.8. The van der Waals surface area contributed by atoms with Crippen molar-refractivity contribution < 1.29 is 23.1 Å². The van der Waals surface area contributed by atoms with E-state index in [4.69, 9.17) is 0 Å². The molecule has 5 nitrogen and oxygen atoms in total. The lowest BCUT2D eigenvalue weighted by Gasteiger charge is -2.23. The number of benzene rings is 1. The monoisotopic (exact) mass is 367 g/mol. The summed E-state index contributed by atoms with van der Waals surface area (Å²) in [6, 6.07) is 2.64. The minimum absolute atomic E-state index is 0.100. The first-order chi connectivity index (χ1) is 12.2. The highest BCUT2D eigenvalue weighted by Crippen LogP contribution is 2.49. The molecule has 0 bridgehead atoms. The third kappa shape index (κ3) is 2.88. The summed E-state index contributed by atoms with van der Waals surface area (Å²) >= 11 is 0. The molecule has 140 valence electrons. The van der Waals surface area contributed by atoms with Crippen molar-refractivity contribution in [2.75, 3.05) is 11.9 Å². The van der Waals surface area contributed by atoms with E-state index >= 15 is 0 Å². The van der Waals surface area contributed by atoms with E-state index in [1.165, 1.54) is 25.4 Å². The van der Waals surface area contributed by atoms with Crippen LogP contribution in [0.5, 0.6) is 0 Å². The van der Waals surface area contributed by atoms with Crippen LogP contribution in [-0.4, -0.2) is 27.4 Å². The van der Waals surface area contributed by atoms with Gasteiger partial charge in [0.05, 0.1) is 12.2 Å². The number of aryl methyl sites for hydroxylation is 1. The van der Waals surface area contributed by atoms with E-state index in [0.29, 0.717) is 23.2 Å². The summed E-state index contributed by atoms with van der Waals surface area (Å²) in [5.41, 5.74) is -0.251. The third-order valence-electron chi connectivity index (χ3n) is 4.95. The van der Waals surface area contributed by atoms with Crippen LogP contribution in [0.15, 0.2) is 18.3 Å². The standard InChI is InChI=1S/C18H20F3N3O2/c1-9-6-18(2,8-25)14-11(19)4-5-12(13(9)14)22-17(26)10-7-24(3)23-15(10)16(20)21/h4-5,7,9,16,25H,6,8H2,1-3H3,(H,22,26)/t9-,18-/m0/s1. The van der Waals surface area contributed by atoms with E-state index in [2.05, 4.69) is 10.4 Å². The number of anilines is 1. The number of rotatable bonds is 4. The van der Waals surface area contributed by atoms with Gasteiger partial charge < -0.3 is 10.4 Å². The van der Waals surface area contributed by atoms with Crippen molar-refractivity contribution in [3.8, 4) is 0 Å². The number of hydrogen-bond donors (Lipinski definition) is 2. The van der Waals surface area contributed by atoms with Gasteiger partial charge in [0.15, 0.2) is 0 Å². The summed E-state index contributed by atoms with van der Waals surface area (Å²) in [6.07, 6.45) is -1.13. The van der Waals surface area contributed by atoms with E-state index in [1.54, 1.807) is 6.92 Å². The molecule has 0 fully saturated rings. The SMILES string of the molecule is C[C@H]1C[C@@](C)(CO)c2c(F)ccc(NC(=O)c3cn(C)nc3C(F)F)c21. The molecule has 26 heavy (non-hydrogen) atoms. The van der Waals surface area contributed by atoms with Gasteiger partial charge in [-0.3, -0.25) is 9.48 Å². The molecule has 8 heteroatoms. The summed E-state index contributed by atoms with van der Waals surface area (Å²) in [5.74, 6) is -1.28. The molecule has 2 aromatic rings. The average molecular weight is 367 g/mol. The molecule has 1 aromatic heterocycles. The summed E-state index contributed by atoms with van der Waals surface area (Å²) in [5, 5.41) is 16.0. The number of amides is 1. The predicted molar refractivity (Wildman–Crippen MR) is 90.0 cm³/mol. The Morgan fingerprint density at radius 3 is 2.81 bits per heavy atom. The van der Waals surface area contributed by atoms with E-state index in [0.717, 1.165) is 4.68 Å². The Bertz CT molecular complexity index is 866. The van der Waals surface area contributed by atoms with Crippen molar-refractivity contribution in [3.63, 3.8) is 0 Å². The number of hydrogen-bond acceptors (Lipinski definition) is 3. The number of alkyl halides is 2. The molecule has 1 aromatic carbocycles. The molecule has 1 aliphatic rings. The van der Waals surface area contributed by atoms with Crippen LogP contribution < -0.4 is 5.32 Å². The minimum atomic E-state index is -2.88. The van der Waals surface area contributed by atoms with Crippen LogP contribution in [0, 0.1) is 5.82 Å². The number of nitrogens with zero attached hydrogens (tertiary/aromatic N) is 2. The zero-order valence-electron chi connectivity index (χ0n) is 14.7. The summed E-state index contributed by atoms with van der Waals surface area (Å²) in [6.45, 7) is 3.42. The van der Waals surface area contributed by atoms with Crippen molar-refractivity contribution in [2.24, 2.45) is 7.05 Å². The summed E-state index contributed by atoms with van der Waals surface area (Å²) in [4.78, 5) is 12.5. The number of nitrogens with one attached hydrogen (secondary N) is 1. The molecule has 2 atom stereocenters. The van der Waals surface area contributed by atoms with E-state index < -0.39 is 29.3 Å². The first kappa shape index (κ1) is 18.4. The van der Waals surface area contributed by atoms with E-state index in [1.807, 2.05) is 6.92 Å². The van der Waals surface area contributed by atoms with Gasteiger partial charge in [-0.15, -0.1) is 0 Å². The Morgan fingerprint density at radius 1 is 1.50 bits per heavy atom. The molecule has 0 unspecified atom stereocenters. The van der Waals surface area contributed by atoms with Crippen LogP contribution in [0.3, 0.4) is 0 Å². The fraction of sp³-hybridized carbons (Fsp3) is 0.444. The maximum absolute atomic E-state index is 14.4. The highest BCUT2D eigenvalue weighted by molar-refractivity contribution is 6.05. The van der Waals surface area contributed by atoms with Gasteiger partial charge in [-0.05, 0) is 30.0 Å². The molecule has 3 rings (SSSR count). The molecule has 0 spiro atoms. The fourth-order valence-electron chi connectivity index (χ4n) is 3.88. The minimum Gasteiger partial charge on any atom is -0.395 e. The van der Waals surface area contributed by atoms with Crippen LogP contribution in [0.4, 0.5) is 18.9 Å². The predicted octanol–water partition coefficient (Wildman–Crippen LogP) is 3.51. The first-order valence-electron chi connectivity index (χ1n) is 8.24. The molecule has 2 N–H and O–H groups in total. The first-order valence-corrected chi connectivity index (χ1v) is 8.24. The molecule has 1 aliphatic carbocycles. The number of halogens is 3. The Morgan fingerprint density at radius 2 is 2.19 bits per heavy atom. The molecule has 1 heterocycles. The van der Waals surface area contributed by atoms with Crippen LogP contribution in [0.1, 0.15) is 59.8 Å². The normalized spacial score (nSPS) is 21.9. The number of fused-ring (bicyclic) bond motifs is 1. The van der Waals surface area contributed by atoms with Crippen molar-refractivity contribution in [1.29, 1.82) is 0 Å². The highest BCUT2D eigenvalue weighted by Gasteiger charge is 2.42. The van der Waals surface area contributed by atoms with Gasteiger partial charge in [0.25, 0.3) is 12.3 Å². The second kappa shape index (κ2) is 6.42. The molecule has 0 saturated carbocycles. The Kier molecular flexibility index (Phi) is 4.56.